The lowest BCUT2D eigenvalue weighted by Gasteiger charge is -2.25. The number of hydrogen-bond acceptors (Lipinski definition) is 2. The fourth-order valence-corrected chi connectivity index (χ4v) is 1.73. The molecule has 0 bridgehead atoms. The van der Waals surface area contributed by atoms with Crippen LogP contribution in [0.25, 0.3) is 0 Å². The summed E-state index contributed by atoms with van der Waals surface area (Å²) in [5, 5.41) is 10.8. The summed E-state index contributed by atoms with van der Waals surface area (Å²) in [6.45, 7) is 0.351. The maximum absolute atomic E-state index is 10.3. The highest BCUT2D eigenvalue weighted by Crippen LogP contribution is 2.26. The van der Waals surface area contributed by atoms with Crippen LogP contribution in [-0.2, 0) is 6.42 Å². The lowest BCUT2D eigenvalue weighted by atomic mass is 10.0. The number of aryl methyl sites for hydroxylation is 1. The Morgan fingerprint density at radius 3 is 3.13 bits per heavy atom. The lowest BCUT2D eigenvalue weighted by Crippen LogP contribution is -2.36. The monoisotopic (exact) mass is 207 g/mol. The first-order valence-corrected chi connectivity index (χ1v) is 4.97. The highest BCUT2D eigenvalue weighted by Gasteiger charge is 2.19. The van der Waals surface area contributed by atoms with Gasteiger partial charge in [-0.05, 0) is 24.5 Å². The molecular weight excluding hydrogens is 194 g/mol. The van der Waals surface area contributed by atoms with Gasteiger partial charge in [-0.2, -0.15) is 0 Å². The highest BCUT2D eigenvalue weighted by molar-refractivity contribution is 5.64. The Bertz CT molecular complexity index is 365. The van der Waals surface area contributed by atoms with Crippen molar-refractivity contribution in [3.8, 4) is 5.75 Å². The van der Waals surface area contributed by atoms with Crippen molar-refractivity contribution >= 4 is 6.09 Å². The number of hydrogen-bond donors (Lipinski definition) is 2. The Morgan fingerprint density at radius 2 is 2.33 bits per heavy atom. The predicted molar refractivity (Wildman–Crippen MR) is 55.2 cm³/mol. The van der Waals surface area contributed by atoms with Crippen molar-refractivity contribution in [3.05, 3.63) is 29.8 Å². The van der Waals surface area contributed by atoms with E-state index in [4.69, 9.17) is 9.84 Å². The molecule has 0 saturated heterocycles. The average molecular weight is 207 g/mol. The first-order chi connectivity index (χ1) is 7.25. The molecule has 1 aliphatic rings. The minimum Gasteiger partial charge on any atom is -0.488 e. The molecule has 0 aliphatic carbocycles. The van der Waals surface area contributed by atoms with Gasteiger partial charge < -0.3 is 15.2 Å². The summed E-state index contributed by atoms with van der Waals surface area (Å²) in [6, 6.07) is 7.86. The van der Waals surface area contributed by atoms with Crippen LogP contribution in [0.2, 0.25) is 0 Å². The maximum Gasteiger partial charge on any atom is 0.404 e. The first-order valence-electron chi connectivity index (χ1n) is 4.97. The van der Waals surface area contributed by atoms with Crippen molar-refractivity contribution in [1.29, 1.82) is 0 Å². The first kappa shape index (κ1) is 9.83. The van der Waals surface area contributed by atoms with Gasteiger partial charge >= 0.3 is 6.09 Å². The molecule has 2 N–H and O–H groups in total. The van der Waals surface area contributed by atoms with Crippen LogP contribution in [0.1, 0.15) is 12.0 Å². The number of para-hydroxylation sites is 1. The largest absolute Gasteiger partial charge is 0.488 e. The number of carbonyl (C=O) groups is 1. The summed E-state index contributed by atoms with van der Waals surface area (Å²) in [5.74, 6) is 0.876. The summed E-state index contributed by atoms with van der Waals surface area (Å²) in [7, 11) is 0. The van der Waals surface area contributed by atoms with Gasteiger partial charge in [0.1, 0.15) is 11.9 Å². The van der Waals surface area contributed by atoms with Gasteiger partial charge in [0.15, 0.2) is 0 Å². The van der Waals surface area contributed by atoms with Crippen LogP contribution in [0.4, 0.5) is 4.79 Å². The number of fused-ring (bicyclic) bond motifs is 1. The maximum atomic E-state index is 10.3. The molecule has 1 aromatic rings. The van der Waals surface area contributed by atoms with E-state index in [2.05, 4.69) is 5.32 Å². The molecule has 0 radical (unpaired) electrons. The summed E-state index contributed by atoms with van der Waals surface area (Å²) in [5.41, 5.74) is 1.20. The van der Waals surface area contributed by atoms with E-state index in [9.17, 15) is 4.79 Å². The molecule has 4 nitrogen and oxygen atoms in total. The van der Waals surface area contributed by atoms with Gasteiger partial charge in [0.05, 0.1) is 6.54 Å². The summed E-state index contributed by atoms with van der Waals surface area (Å²) in [4.78, 5) is 10.3. The number of carboxylic acid groups (broad SMARTS) is 1. The molecule has 1 aromatic carbocycles. The molecule has 4 heteroatoms. The molecule has 1 aliphatic heterocycles. The van der Waals surface area contributed by atoms with Gasteiger partial charge in [-0.1, -0.05) is 18.2 Å². The van der Waals surface area contributed by atoms with E-state index in [1.54, 1.807) is 0 Å². The molecule has 0 saturated carbocycles. The Balaban J connectivity index is 1.96. The van der Waals surface area contributed by atoms with Crippen molar-refractivity contribution in [1.82, 2.24) is 5.32 Å². The van der Waals surface area contributed by atoms with Crippen molar-refractivity contribution in [2.75, 3.05) is 6.54 Å². The van der Waals surface area contributed by atoms with Crippen LogP contribution >= 0.6 is 0 Å². The molecule has 0 fully saturated rings. The Hall–Kier alpha value is -1.71. The van der Waals surface area contributed by atoms with Crippen molar-refractivity contribution in [2.24, 2.45) is 0 Å². The van der Waals surface area contributed by atoms with Gasteiger partial charge in [-0.15, -0.1) is 0 Å². The van der Waals surface area contributed by atoms with Crippen LogP contribution < -0.4 is 10.1 Å². The molecule has 1 heterocycles. The highest BCUT2D eigenvalue weighted by atomic mass is 16.5. The summed E-state index contributed by atoms with van der Waals surface area (Å²) in [6.07, 6.45) is 0.757. The standard InChI is InChI=1S/C11H13NO3/c13-11(14)12-7-9-6-5-8-3-1-2-4-10(8)15-9/h1-4,9,12H,5-7H2,(H,13,14). The fraction of sp³-hybridized carbons (Fsp3) is 0.364. The number of amides is 1. The zero-order chi connectivity index (χ0) is 10.7. The van der Waals surface area contributed by atoms with Crippen molar-refractivity contribution in [3.63, 3.8) is 0 Å². The van der Waals surface area contributed by atoms with Crippen LogP contribution in [0.3, 0.4) is 0 Å². The number of rotatable bonds is 2. The minimum atomic E-state index is -1.00. The molecule has 0 spiro atoms. The van der Waals surface area contributed by atoms with Crippen LogP contribution in [0, 0.1) is 0 Å². The number of benzene rings is 1. The Morgan fingerprint density at radius 1 is 1.53 bits per heavy atom. The smallest absolute Gasteiger partial charge is 0.404 e. The van der Waals surface area contributed by atoms with Crippen LogP contribution in [0.15, 0.2) is 24.3 Å². The fourth-order valence-electron chi connectivity index (χ4n) is 1.73. The molecule has 15 heavy (non-hydrogen) atoms. The van der Waals surface area contributed by atoms with Crippen LogP contribution in [0.5, 0.6) is 5.75 Å². The molecule has 1 unspecified atom stereocenters. The average Bonchev–Trinajstić information content (AvgIpc) is 2.26. The molecule has 1 amide bonds. The third-order valence-electron chi connectivity index (χ3n) is 2.48. The van der Waals surface area contributed by atoms with Crippen molar-refractivity contribution < 1.29 is 14.6 Å². The second-order valence-corrected chi connectivity index (χ2v) is 3.57. The Labute approximate surface area is 87.9 Å². The van der Waals surface area contributed by atoms with E-state index in [-0.39, 0.29) is 6.10 Å². The zero-order valence-corrected chi connectivity index (χ0v) is 8.27. The topological polar surface area (TPSA) is 58.6 Å². The third-order valence-corrected chi connectivity index (χ3v) is 2.48. The second-order valence-electron chi connectivity index (χ2n) is 3.57. The van der Waals surface area contributed by atoms with Gasteiger partial charge in [-0.3, -0.25) is 0 Å². The predicted octanol–water partition coefficient (Wildman–Crippen LogP) is 1.65. The van der Waals surface area contributed by atoms with Gasteiger partial charge in [0, 0.05) is 0 Å². The quantitative estimate of drug-likeness (QED) is 0.775. The van der Waals surface area contributed by atoms with E-state index in [0.29, 0.717) is 6.54 Å². The van der Waals surface area contributed by atoms with Gasteiger partial charge in [0.25, 0.3) is 0 Å². The number of ether oxygens (including phenoxy) is 1. The third kappa shape index (κ3) is 2.40. The van der Waals surface area contributed by atoms with Crippen molar-refractivity contribution in [2.45, 2.75) is 18.9 Å². The molecule has 2 rings (SSSR count). The normalized spacial score (nSPS) is 18.8. The van der Waals surface area contributed by atoms with Crippen LogP contribution in [-0.4, -0.2) is 23.8 Å². The zero-order valence-electron chi connectivity index (χ0n) is 8.27. The van der Waals surface area contributed by atoms with E-state index in [0.717, 1.165) is 18.6 Å². The summed E-state index contributed by atoms with van der Waals surface area (Å²) >= 11 is 0. The molecular formula is C11H13NO3. The minimum absolute atomic E-state index is 0.0454. The second kappa shape index (κ2) is 4.21. The SMILES string of the molecule is O=C(O)NCC1CCc2ccccc2O1. The van der Waals surface area contributed by atoms with Gasteiger partial charge in [-0.25, -0.2) is 4.79 Å². The lowest BCUT2D eigenvalue weighted by molar-refractivity contribution is 0.157. The molecule has 0 aromatic heterocycles. The van der Waals surface area contributed by atoms with E-state index in [1.165, 1.54) is 5.56 Å². The van der Waals surface area contributed by atoms with E-state index < -0.39 is 6.09 Å². The molecule has 80 valence electrons. The molecule has 1 atom stereocenters. The summed E-state index contributed by atoms with van der Waals surface area (Å²) < 4.78 is 5.66. The number of nitrogens with one attached hydrogen (secondary N) is 1. The Kier molecular flexibility index (Phi) is 2.76. The van der Waals surface area contributed by atoms with Gasteiger partial charge in [0.2, 0.25) is 0 Å². The van der Waals surface area contributed by atoms with E-state index >= 15 is 0 Å². The van der Waals surface area contributed by atoms with E-state index in [1.807, 2.05) is 24.3 Å².